The number of H-pyrrole nitrogens is 1. The van der Waals surface area contributed by atoms with Crippen LogP contribution in [0.5, 0.6) is 0 Å². The van der Waals surface area contributed by atoms with Crippen LogP contribution in [0.2, 0.25) is 5.02 Å². The van der Waals surface area contributed by atoms with Crippen molar-refractivity contribution >= 4 is 40.2 Å². The van der Waals surface area contributed by atoms with Crippen molar-refractivity contribution in [3.05, 3.63) is 35.0 Å². The molecule has 0 unspecified atom stereocenters. The first-order valence-corrected chi connectivity index (χ1v) is 8.85. The van der Waals surface area contributed by atoms with E-state index in [0.29, 0.717) is 17.4 Å². The molecule has 2 heterocycles. The van der Waals surface area contributed by atoms with Crippen molar-refractivity contribution in [1.29, 1.82) is 0 Å². The third-order valence-electron chi connectivity index (χ3n) is 4.01. The Bertz CT molecular complexity index is 634. The largest absolute Gasteiger partial charge is 0.361 e. The summed E-state index contributed by atoms with van der Waals surface area (Å²) in [4.78, 5) is 15.3. The van der Waals surface area contributed by atoms with Crippen molar-refractivity contribution in [3.8, 4) is 0 Å². The minimum absolute atomic E-state index is 0.0918. The number of aromatic nitrogens is 1. The molecule has 5 heteroatoms. The van der Waals surface area contributed by atoms with E-state index in [1.165, 1.54) is 24.3 Å². The number of halogens is 1. The van der Waals surface area contributed by atoms with Gasteiger partial charge in [-0.05, 0) is 54.0 Å². The predicted octanol–water partition coefficient (Wildman–Crippen LogP) is 3.62. The Hall–Kier alpha value is -1.13. The number of benzene rings is 1. The van der Waals surface area contributed by atoms with Crippen LogP contribution in [0.4, 0.5) is 0 Å². The summed E-state index contributed by atoms with van der Waals surface area (Å²) in [7, 11) is 0. The summed E-state index contributed by atoms with van der Waals surface area (Å²) >= 11 is 8.04. The molecule has 1 saturated heterocycles. The van der Waals surface area contributed by atoms with Gasteiger partial charge in [0.1, 0.15) is 0 Å². The van der Waals surface area contributed by atoms with E-state index in [-0.39, 0.29) is 5.91 Å². The summed E-state index contributed by atoms with van der Waals surface area (Å²) in [6, 6.07) is 5.71. The number of aromatic amines is 1. The van der Waals surface area contributed by atoms with Crippen LogP contribution in [0, 0.1) is 5.92 Å². The van der Waals surface area contributed by atoms with Gasteiger partial charge in [-0.25, -0.2) is 0 Å². The molecule has 3 rings (SSSR count). The zero-order valence-corrected chi connectivity index (χ0v) is 13.4. The van der Waals surface area contributed by atoms with Gasteiger partial charge in [0, 0.05) is 28.7 Å². The van der Waals surface area contributed by atoms with Crippen LogP contribution in [-0.4, -0.2) is 28.9 Å². The fourth-order valence-electron chi connectivity index (χ4n) is 2.74. The summed E-state index contributed by atoms with van der Waals surface area (Å²) in [5, 5.41) is 4.81. The lowest BCUT2D eigenvalue weighted by Crippen LogP contribution is -2.31. The summed E-state index contributed by atoms with van der Waals surface area (Å²) in [5.41, 5.74) is 2.02. The lowest BCUT2D eigenvalue weighted by molar-refractivity contribution is -0.120. The number of nitrogens with one attached hydrogen (secondary N) is 2. The molecule has 0 radical (unpaired) electrons. The van der Waals surface area contributed by atoms with E-state index in [9.17, 15) is 4.79 Å². The molecular formula is C16H19ClN2OS. The first-order valence-electron chi connectivity index (χ1n) is 7.32. The van der Waals surface area contributed by atoms with Gasteiger partial charge in [0.15, 0.2) is 0 Å². The van der Waals surface area contributed by atoms with Gasteiger partial charge < -0.3 is 10.3 Å². The van der Waals surface area contributed by atoms with Crippen LogP contribution in [0.3, 0.4) is 0 Å². The molecule has 1 aromatic heterocycles. The maximum absolute atomic E-state index is 12.1. The Labute approximate surface area is 133 Å². The van der Waals surface area contributed by atoms with Crippen LogP contribution < -0.4 is 5.32 Å². The SMILES string of the molecule is O=C(Cc1c[nH]c2ccc(Cl)cc12)NCC1CCSCC1. The third-order valence-corrected chi connectivity index (χ3v) is 5.29. The van der Waals surface area contributed by atoms with E-state index < -0.39 is 0 Å². The van der Waals surface area contributed by atoms with Gasteiger partial charge in [-0.1, -0.05) is 11.6 Å². The second kappa shape index (κ2) is 6.75. The van der Waals surface area contributed by atoms with Crippen LogP contribution >= 0.6 is 23.4 Å². The number of hydrogen-bond donors (Lipinski definition) is 2. The van der Waals surface area contributed by atoms with Crippen molar-refractivity contribution in [3.63, 3.8) is 0 Å². The minimum atomic E-state index is 0.0918. The molecule has 21 heavy (non-hydrogen) atoms. The van der Waals surface area contributed by atoms with Crippen molar-refractivity contribution in [2.24, 2.45) is 5.92 Å². The second-order valence-electron chi connectivity index (χ2n) is 5.54. The van der Waals surface area contributed by atoms with Crippen molar-refractivity contribution in [2.45, 2.75) is 19.3 Å². The van der Waals surface area contributed by atoms with Crippen LogP contribution in [0.15, 0.2) is 24.4 Å². The molecular weight excluding hydrogens is 304 g/mol. The molecule has 3 nitrogen and oxygen atoms in total. The molecule has 0 bridgehead atoms. The number of carbonyl (C=O) groups is 1. The molecule has 0 saturated carbocycles. The van der Waals surface area contributed by atoms with Gasteiger partial charge in [0.2, 0.25) is 5.91 Å². The molecule has 0 aliphatic carbocycles. The Balaban J connectivity index is 1.59. The maximum Gasteiger partial charge on any atom is 0.224 e. The van der Waals surface area contributed by atoms with Gasteiger partial charge in [-0.3, -0.25) is 4.79 Å². The number of thioether (sulfide) groups is 1. The van der Waals surface area contributed by atoms with Crippen LogP contribution in [0.25, 0.3) is 10.9 Å². The Morgan fingerprint density at radius 2 is 2.19 bits per heavy atom. The molecule has 0 atom stereocenters. The van der Waals surface area contributed by atoms with Gasteiger partial charge in [0.25, 0.3) is 0 Å². The molecule has 1 fully saturated rings. The van der Waals surface area contributed by atoms with Gasteiger partial charge in [0.05, 0.1) is 6.42 Å². The molecule has 0 spiro atoms. The topological polar surface area (TPSA) is 44.9 Å². The fourth-order valence-corrected chi connectivity index (χ4v) is 4.12. The average Bonchev–Trinajstić information content (AvgIpc) is 2.88. The van der Waals surface area contributed by atoms with E-state index in [1.54, 1.807) is 0 Å². The summed E-state index contributed by atoms with van der Waals surface area (Å²) in [6.07, 6.45) is 4.74. The highest BCUT2D eigenvalue weighted by molar-refractivity contribution is 7.99. The van der Waals surface area contributed by atoms with Gasteiger partial charge in [-0.2, -0.15) is 11.8 Å². The Morgan fingerprint density at radius 3 is 3.00 bits per heavy atom. The smallest absolute Gasteiger partial charge is 0.224 e. The summed E-state index contributed by atoms with van der Waals surface area (Å²) in [6.45, 7) is 0.808. The van der Waals surface area contributed by atoms with E-state index >= 15 is 0 Å². The van der Waals surface area contributed by atoms with E-state index in [1.807, 2.05) is 36.2 Å². The first-order chi connectivity index (χ1) is 10.2. The lowest BCUT2D eigenvalue weighted by atomic mass is 10.0. The number of hydrogen-bond acceptors (Lipinski definition) is 2. The highest BCUT2D eigenvalue weighted by Crippen LogP contribution is 2.23. The molecule has 2 aromatic rings. The van der Waals surface area contributed by atoms with Crippen molar-refractivity contribution in [1.82, 2.24) is 10.3 Å². The van der Waals surface area contributed by atoms with Crippen LogP contribution in [-0.2, 0) is 11.2 Å². The Kier molecular flexibility index (Phi) is 4.76. The van der Waals surface area contributed by atoms with Crippen molar-refractivity contribution in [2.75, 3.05) is 18.1 Å². The standard InChI is InChI=1S/C16H19ClN2OS/c17-13-1-2-15-14(8-13)12(10-18-15)7-16(20)19-9-11-3-5-21-6-4-11/h1-2,8,10-11,18H,3-7,9H2,(H,19,20). The molecule has 112 valence electrons. The van der Waals surface area contributed by atoms with Gasteiger partial charge >= 0.3 is 0 Å². The fraction of sp³-hybridized carbons (Fsp3) is 0.438. The summed E-state index contributed by atoms with van der Waals surface area (Å²) < 4.78 is 0. The van der Waals surface area contributed by atoms with E-state index in [4.69, 9.17) is 11.6 Å². The van der Waals surface area contributed by atoms with Gasteiger partial charge in [-0.15, -0.1) is 0 Å². The molecule has 1 aromatic carbocycles. The lowest BCUT2D eigenvalue weighted by Gasteiger charge is -2.21. The maximum atomic E-state index is 12.1. The monoisotopic (exact) mass is 322 g/mol. The highest BCUT2D eigenvalue weighted by Gasteiger charge is 2.15. The third kappa shape index (κ3) is 3.74. The number of amides is 1. The van der Waals surface area contributed by atoms with Crippen molar-refractivity contribution < 1.29 is 4.79 Å². The number of fused-ring (bicyclic) bond motifs is 1. The predicted molar refractivity (Wildman–Crippen MR) is 90.1 cm³/mol. The number of rotatable bonds is 4. The Morgan fingerprint density at radius 1 is 1.38 bits per heavy atom. The quantitative estimate of drug-likeness (QED) is 0.903. The number of carbonyl (C=O) groups excluding carboxylic acids is 1. The first kappa shape index (κ1) is 14.8. The minimum Gasteiger partial charge on any atom is -0.361 e. The van der Waals surface area contributed by atoms with Crippen LogP contribution in [0.1, 0.15) is 18.4 Å². The van der Waals surface area contributed by atoms with E-state index in [2.05, 4.69) is 10.3 Å². The molecule has 1 amide bonds. The normalized spacial score (nSPS) is 16.2. The molecule has 2 N–H and O–H groups in total. The second-order valence-corrected chi connectivity index (χ2v) is 7.20. The zero-order valence-electron chi connectivity index (χ0n) is 11.8. The molecule has 1 aliphatic heterocycles. The average molecular weight is 323 g/mol. The zero-order chi connectivity index (χ0) is 14.7. The summed E-state index contributed by atoms with van der Waals surface area (Å²) in [5.74, 6) is 3.19. The molecule has 1 aliphatic rings. The highest BCUT2D eigenvalue weighted by atomic mass is 35.5. The van der Waals surface area contributed by atoms with E-state index in [0.717, 1.165) is 23.0 Å².